The van der Waals surface area contributed by atoms with Gasteiger partial charge in [0.25, 0.3) is 0 Å². The van der Waals surface area contributed by atoms with E-state index < -0.39 is 0 Å². The Labute approximate surface area is 327 Å². The molecular weight excluding hydrogens is 677 g/mol. The van der Waals surface area contributed by atoms with Crippen LogP contribution < -0.4 is 4.90 Å². The number of nitrogens with zero attached hydrogens (tertiary/aromatic N) is 2. The third kappa shape index (κ3) is 6.04. The minimum Gasteiger partial charge on any atom is -0.310 e. The lowest BCUT2D eigenvalue weighted by atomic mass is 9.94. The lowest BCUT2D eigenvalue weighted by Crippen LogP contribution is -2.09. The molecule has 0 unspecified atom stereocenters. The van der Waals surface area contributed by atoms with Crippen molar-refractivity contribution in [1.82, 2.24) is 4.57 Å². The maximum absolute atomic E-state index is 2.41. The van der Waals surface area contributed by atoms with Crippen LogP contribution in [0.4, 0.5) is 17.1 Å². The molecule has 0 aliphatic carbocycles. The molecule has 2 heteroatoms. The van der Waals surface area contributed by atoms with Gasteiger partial charge in [0.15, 0.2) is 0 Å². The van der Waals surface area contributed by atoms with Crippen LogP contribution in [0.2, 0.25) is 0 Å². The fourth-order valence-corrected chi connectivity index (χ4v) is 8.18. The molecule has 0 atom stereocenters. The van der Waals surface area contributed by atoms with E-state index in [1.165, 1.54) is 72.0 Å². The molecule has 2 nitrogen and oxygen atoms in total. The summed E-state index contributed by atoms with van der Waals surface area (Å²) in [5.74, 6) is 0. The summed E-state index contributed by atoms with van der Waals surface area (Å²) in [4.78, 5) is 2.34. The Morgan fingerprint density at radius 1 is 0.268 bits per heavy atom. The van der Waals surface area contributed by atoms with Crippen LogP contribution in [0, 0.1) is 0 Å². The Balaban J connectivity index is 0.985. The van der Waals surface area contributed by atoms with Gasteiger partial charge < -0.3 is 9.47 Å². The first-order valence-corrected chi connectivity index (χ1v) is 19.2. The van der Waals surface area contributed by atoms with Gasteiger partial charge in [0.1, 0.15) is 0 Å². The highest BCUT2D eigenvalue weighted by Gasteiger charge is 2.17. The fraction of sp³-hybridized carbons (Fsp3) is 0. The molecule has 1 aromatic heterocycles. The normalized spacial score (nSPS) is 11.2. The summed E-state index contributed by atoms with van der Waals surface area (Å²) < 4.78 is 2.41. The Morgan fingerprint density at radius 2 is 0.696 bits per heavy atom. The molecule has 10 aromatic rings. The Morgan fingerprint density at radius 3 is 1.36 bits per heavy atom. The Kier molecular flexibility index (Phi) is 8.55. The van der Waals surface area contributed by atoms with Crippen LogP contribution in [0.3, 0.4) is 0 Å². The summed E-state index contributed by atoms with van der Waals surface area (Å²) in [6.45, 7) is 0. The molecule has 0 spiro atoms. The standard InChI is InChI=1S/C54H38N2/c1-3-16-41(17-4-1)47-22-7-8-23-48(47)43-18-15-21-46(38-43)55(44-19-5-2-6-20-44)45-36-34-40(35-37-45)39-30-32-42(33-31-39)49-24-9-12-27-52(49)56-53-28-13-10-25-50(53)51-26-11-14-29-54(51)56/h1-38H. The molecule has 10 rings (SSSR count). The number of hydrogen-bond donors (Lipinski definition) is 0. The molecule has 0 amide bonds. The minimum absolute atomic E-state index is 1.10. The second-order valence-electron chi connectivity index (χ2n) is 14.1. The first kappa shape index (κ1) is 33.2. The van der Waals surface area contributed by atoms with E-state index in [1.54, 1.807) is 0 Å². The summed E-state index contributed by atoms with van der Waals surface area (Å²) >= 11 is 0. The van der Waals surface area contributed by atoms with E-state index in [9.17, 15) is 0 Å². The monoisotopic (exact) mass is 714 g/mol. The molecule has 0 N–H and O–H groups in total. The summed E-state index contributed by atoms with van der Waals surface area (Å²) in [6.07, 6.45) is 0. The van der Waals surface area contributed by atoms with Gasteiger partial charge in [-0.3, -0.25) is 0 Å². The number of benzene rings is 9. The van der Waals surface area contributed by atoms with E-state index in [-0.39, 0.29) is 0 Å². The topological polar surface area (TPSA) is 8.17 Å². The first-order valence-electron chi connectivity index (χ1n) is 19.2. The number of para-hydroxylation sites is 4. The number of fused-ring (bicyclic) bond motifs is 3. The summed E-state index contributed by atoms with van der Waals surface area (Å²) in [6, 6.07) is 82.9. The summed E-state index contributed by atoms with van der Waals surface area (Å²) in [5, 5.41) is 2.53. The van der Waals surface area contributed by atoms with E-state index in [1.807, 2.05) is 0 Å². The molecule has 264 valence electrons. The van der Waals surface area contributed by atoms with E-state index in [0.29, 0.717) is 0 Å². The van der Waals surface area contributed by atoms with Gasteiger partial charge in [0.2, 0.25) is 0 Å². The van der Waals surface area contributed by atoms with Crippen molar-refractivity contribution in [3.05, 3.63) is 231 Å². The van der Waals surface area contributed by atoms with Crippen LogP contribution in [0.25, 0.3) is 72.0 Å². The van der Waals surface area contributed by atoms with Crippen molar-refractivity contribution in [2.24, 2.45) is 0 Å². The lowest BCUT2D eigenvalue weighted by Gasteiger charge is -2.26. The van der Waals surface area contributed by atoms with E-state index in [2.05, 4.69) is 240 Å². The van der Waals surface area contributed by atoms with Gasteiger partial charge in [-0.25, -0.2) is 0 Å². The van der Waals surface area contributed by atoms with Crippen molar-refractivity contribution in [3.63, 3.8) is 0 Å². The second kappa shape index (κ2) is 14.4. The van der Waals surface area contributed by atoms with Crippen molar-refractivity contribution in [2.75, 3.05) is 4.90 Å². The van der Waals surface area contributed by atoms with Crippen molar-refractivity contribution in [3.8, 4) is 50.2 Å². The third-order valence-electron chi connectivity index (χ3n) is 10.8. The zero-order valence-corrected chi connectivity index (χ0v) is 30.8. The van der Waals surface area contributed by atoms with Crippen LogP contribution >= 0.6 is 0 Å². The van der Waals surface area contributed by atoms with E-state index in [4.69, 9.17) is 0 Å². The molecule has 9 aromatic carbocycles. The zero-order valence-electron chi connectivity index (χ0n) is 30.8. The minimum atomic E-state index is 1.10. The summed E-state index contributed by atoms with van der Waals surface area (Å²) in [5.41, 5.74) is 16.5. The van der Waals surface area contributed by atoms with Gasteiger partial charge in [0.05, 0.1) is 16.7 Å². The number of aromatic nitrogens is 1. The molecule has 0 fully saturated rings. The zero-order chi connectivity index (χ0) is 37.3. The molecule has 56 heavy (non-hydrogen) atoms. The summed E-state index contributed by atoms with van der Waals surface area (Å²) in [7, 11) is 0. The maximum Gasteiger partial charge on any atom is 0.0541 e. The van der Waals surface area contributed by atoms with Gasteiger partial charge >= 0.3 is 0 Å². The number of hydrogen-bond acceptors (Lipinski definition) is 1. The molecule has 0 aliphatic heterocycles. The molecule has 0 aliphatic rings. The average Bonchev–Trinajstić information content (AvgIpc) is 3.62. The fourth-order valence-electron chi connectivity index (χ4n) is 8.18. The number of anilines is 3. The predicted octanol–water partition coefficient (Wildman–Crippen LogP) is 14.9. The van der Waals surface area contributed by atoms with Crippen LogP contribution in [-0.2, 0) is 0 Å². The van der Waals surface area contributed by atoms with E-state index in [0.717, 1.165) is 17.1 Å². The predicted molar refractivity (Wildman–Crippen MR) is 237 cm³/mol. The van der Waals surface area contributed by atoms with Crippen LogP contribution in [0.15, 0.2) is 231 Å². The maximum atomic E-state index is 2.41. The molecule has 0 radical (unpaired) electrons. The Bertz CT molecular complexity index is 2890. The molecular formula is C54H38N2. The number of rotatable bonds is 8. The highest BCUT2D eigenvalue weighted by Crippen LogP contribution is 2.40. The van der Waals surface area contributed by atoms with Crippen LogP contribution in [0.5, 0.6) is 0 Å². The third-order valence-corrected chi connectivity index (χ3v) is 10.8. The van der Waals surface area contributed by atoms with Gasteiger partial charge in [0, 0.05) is 33.4 Å². The average molecular weight is 715 g/mol. The van der Waals surface area contributed by atoms with Gasteiger partial charge in [-0.2, -0.15) is 0 Å². The molecule has 1 heterocycles. The van der Waals surface area contributed by atoms with Crippen LogP contribution in [-0.4, -0.2) is 4.57 Å². The molecule has 0 bridgehead atoms. The van der Waals surface area contributed by atoms with Gasteiger partial charge in [-0.15, -0.1) is 0 Å². The SMILES string of the molecule is c1ccc(-c2ccccc2-c2cccc(N(c3ccccc3)c3ccc(-c4ccc(-c5ccccc5-n5c6ccccc6c6ccccc65)cc4)cc3)c2)cc1. The van der Waals surface area contributed by atoms with Crippen molar-refractivity contribution >= 4 is 38.9 Å². The van der Waals surface area contributed by atoms with Gasteiger partial charge in [-0.1, -0.05) is 176 Å². The largest absolute Gasteiger partial charge is 0.310 e. The first-order chi connectivity index (χ1) is 27.8. The highest BCUT2D eigenvalue weighted by atomic mass is 15.1. The second-order valence-corrected chi connectivity index (χ2v) is 14.1. The van der Waals surface area contributed by atoms with E-state index >= 15 is 0 Å². The Hall–Kier alpha value is -7.42. The van der Waals surface area contributed by atoms with Crippen molar-refractivity contribution in [2.45, 2.75) is 0 Å². The molecule has 0 saturated carbocycles. The van der Waals surface area contributed by atoms with Crippen LogP contribution in [0.1, 0.15) is 0 Å². The van der Waals surface area contributed by atoms with Crippen molar-refractivity contribution < 1.29 is 0 Å². The molecule has 0 saturated heterocycles. The smallest absolute Gasteiger partial charge is 0.0541 e. The van der Waals surface area contributed by atoms with Gasteiger partial charge in [-0.05, 0) is 93.5 Å². The highest BCUT2D eigenvalue weighted by molar-refractivity contribution is 6.09. The van der Waals surface area contributed by atoms with Crippen molar-refractivity contribution in [1.29, 1.82) is 0 Å². The lowest BCUT2D eigenvalue weighted by molar-refractivity contribution is 1.18. The quantitative estimate of drug-likeness (QED) is 0.152.